The SMILES string of the molecule is C[C@H](Sc1nnc(-c2cccnc2)n1C)C(=O)Nc1ccc([N+](=O)[O-])cc1. The summed E-state index contributed by atoms with van der Waals surface area (Å²) < 4.78 is 1.80. The largest absolute Gasteiger partial charge is 0.325 e. The molecule has 1 aromatic carbocycles. The van der Waals surface area contributed by atoms with Crippen LogP contribution in [0.5, 0.6) is 0 Å². The van der Waals surface area contributed by atoms with Gasteiger partial charge in [-0.25, -0.2) is 0 Å². The van der Waals surface area contributed by atoms with Gasteiger partial charge in [-0.3, -0.25) is 19.9 Å². The summed E-state index contributed by atoms with van der Waals surface area (Å²) in [5.41, 5.74) is 1.30. The highest BCUT2D eigenvalue weighted by atomic mass is 32.2. The molecule has 0 radical (unpaired) electrons. The minimum Gasteiger partial charge on any atom is -0.325 e. The molecule has 1 N–H and O–H groups in total. The summed E-state index contributed by atoms with van der Waals surface area (Å²) in [4.78, 5) is 26.7. The van der Waals surface area contributed by atoms with E-state index >= 15 is 0 Å². The number of aromatic nitrogens is 4. The van der Waals surface area contributed by atoms with Crippen molar-refractivity contribution in [1.29, 1.82) is 0 Å². The summed E-state index contributed by atoms with van der Waals surface area (Å²) in [7, 11) is 1.83. The molecule has 0 spiro atoms. The molecule has 27 heavy (non-hydrogen) atoms. The summed E-state index contributed by atoms with van der Waals surface area (Å²) >= 11 is 1.27. The van der Waals surface area contributed by atoms with Gasteiger partial charge >= 0.3 is 0 Å². The van der Waals surface area contributed by atoms with Crippen LogP contribution in [0.4, 0.5) is 11.4 Å². The molecule has 1 atom stereocenters. The van der Waals surface area contributed by atoms with E-state index < -0.39 is 10.2 Å². The minimum absolute atomic E-state index is 0.0301. The Hall–Kier alpha value is -3.27. The lowest BCUT2D eigenvalue weighted by molar-refractivity contribution is -0.384. The number of nitrogens with one attached hydrogen (secondary N) is 1. The van der Waals surface area contributed by atoms with Gasteiger partial charge in [-0.2, -0.15) is 0 Å². The van der Waals surface area contributed by atoms with Crippen LogP contribution in [0.3, 0.4) is 0 Å². The molecule has 1 amide bonds. The Balaban J connectivity index is 1.66. The highest BCUT2D eigenvalue weighted by molar-refractivity contribution is 8.00. The number of amides is 1. The molecular formula is C17H16N6O3S. The predicted molar refractivity (Wildman–Crippen MR) is 101 cm³/mol. The number of pyridine rings is 1. The van der Waals surface area contributed by atoms with Crippen LogP contribution >= 0.6 is 11.8 Å². The van der Waals surface area contributed by atoms with Crippen molar-refractivity contribution < 1.29 is 9.72 Å². The molecule has 0 fully saturated rings. The van der Waals surface area contributed by atoms with Crippen molar-refractivity contribution in [2.75, 3.05) is 5.32 Å². The van der Waals surface area contributed by atoms with Crippen molar-refractivity contribution in [3.63, 3.8) is 0 Å². The zero-order valence-corrected chi connectivity index (χ0v) is 15.4. The summed E-state index contributed by atoms with van der Waals surface area (Å²) in [6.45, 7) is 1.75. The van der Waals surface area contributed by atoms with Gasteiger partial charge in [-0.1, -0.05) is 11.8 Å². The first-order valence-electron chi connectivity index (χ1n) is 7.97. The van der Waals surface area contributed by atoms with E-state index in [2.05, 4.69) is 20.5 Å². The van der Waals surface area contributed by atoms with Gasteiger partial charge in [0.2, 0.25) is 5.91 Å². The first-order chi connectivity index (χ1) is 13.0. The lowest BCUT2D eigenvalue weighted by atomic mass is 10.3. The fourth-order valence-electron chi connectivity index (χ4n) is 2.29. The van der Waals surface area contributed by atoms with Gasteiger partial charge in [-0.15, -0.1) is 10.2 Å². The van der Waals surface area contributed by atoms with E-state index in [1.807, 2.05) is 19.2 Å². The molecule has 0 aliphatic rings. The van der Waals surface area contributed by atoms with Gasteiger partial charge in [0, 0.05) is 42.8 Å². The van der Waals surface area contributed by atoms with E-state index in [1.54, 1.807) is 23.9 Å². The van der Waals surface area contributed by atoms with Crippen molar-refractivity contribution >= 4 is 29.0 Å². The second kappa shape index (κ2) is 7.96. The van der Waals surface area contributed by atoms with E-state index in [0.717, 1.165) is 5.56 Å². The zero-order chi connectivity index (χ0) is 19.4. The summed E-state index contributed by atoms with van der Waals surface area (Å²) in [6.07, 6.45) is 3.38. The summed E-state index contributed by atoms with van der Waals surface area (Å²) in [5.74, 6) is 0.424. The van der Waals surface area contributed by atoms with Crippen LogP contribution in [0.25, 0.3) is 11.4 Å². The van der Waals surface area contributed by atoms with Crippen molar-refractivity contribution in [2.45, 2.75) is 17.3 Å². The van der Waals surface area contributed by atoms with Crippen LogP contribution in [0.2, 0.25) is 0 Å². The van der Waals surface area contributed by atoms with Crippen LogP contribution in [0.15, 0.2) is 53.9 Å². The van der Waals surface area contributed by atoms with E-state index in [9.17, 15) is 14.9 Å². The number of hydrogen-bond donors (Lipinski definition) is 1. The molecule has 3 aromatic rings. The van der Waals surface area contributed by atoms with E-state index in [-0.39, 0.29) is 11.6 Å². The van der Waals surface area contributed by atoms with E-state index in [0.29, 0.717) is 16.7 Å². The number of carbonyl (C=O) groups excluding carboxylic acids is 1. The van der Waals surface area contributed by atoms with Gasteiger partial charge in [0.25, 0.3) is 5.69 Å². The number of rotatable bonds is 6. The summed E-state index contributed by atoms with van der Waals surface area (Å²) in [6, 6.07) is 9.38. The van der Waals surface area contributed by atoms with Gasteiger partial charge < -0.3 is 9.88 Å². The number of nitro groups is 1. The normalized spacial score (nSPS) is 11.8. The molecule has 0 aliphatic heterocycles. The number of thioether (sulfide) groups is 1. The number of non-ortho nitro benzene ring substituents is 1. The first-order valence-corrected chi connectivity index (χ1v) is 8.85. The maximum Gasteiger partial charge on any atom is 0.269 e. The number of hydrogen-bond acceptors (Lipinski definition) is 7. The topological polar surface area (TPSA) is 116 Å². The van der Waals surface area contributed by atoms with Gasteiger partial charge in [-0.05, 0) is 31.2 Å². The molecule has 0 aliphatic carbocycles. The predicted octanol–water partition coefficient (Wildman–Crippen LogP) is 2.90. The second-order valence-electron chi connectivity index (χ2n) is 5.66. The monoisotopic (exact) mass is 384 g/mol. The first kappa shape index (κ1) is 18.5. The molecule has 0 unspecified atom stereocenters. The smallest absolute Gasteiger partial charge is 0.269 e. The van der Waals surface area contributed by atoms with Crippen LogP contribution in [0, 0.1) is 10.1 Å². The lowest BCUT2D eigenvalue weighted by Crippen LogP contribution is -2.22. The molecule has 3 rings (SSSR count). The molecule has 0 saturated heterocycles. The Morgan fingerprint density at radius 3 is 2.63 bits per heavy atom. The lowest BCUT2D eigenvalue weighted by Gasteiger charge is -2.11. The average molecular weight is 384 g/mol. The standard InChI is InChI=1S/C17H16N6O3S/c1-11(16(24)19-13-5-7-14(8-6-13)23(25)26)27-17-21-20-15(22(17)2)12-4-3-9-18-10-12/h3-11H,1-2H3,(H,19,24)/t11-/m0/s1. The highest BCUT2D eigenvalue weighted by Gasteiger charge is 2.20. The van der Waals surface area contributed by atoms with Crippen molar-refractivity contribution in [1.82, 2.24) is 19.7 Å². The fourth-order valence-corrected chi connectivity index (χ4v) is 3.10. The van der Waals surface area contributed by atoms with Crippen LogP contribution in [0.1, 0.15) is 6.92 Å². The third kappa shape index (κ3) is 4.29. The Morgan fingerprint density at radius 1 is 1.26 bits per heavy atom. The Morgan fingerprint density at radius 2 is 2.00 bits per heavy atom. The Labute approximate surface area is 159 Å². The molecule has 10 heteroatoms. The molecule has 2 aromatic heterocycles. The van der Waals surface area contributed by atoms with Crippen LogP contribution in [-0.2, 0) is 11.8 Å². The van der Waals surface area contributed by atoms with Gasteiger partial charge in [0.15, 0.2) is 11.0 Å². The van der Waals surface area contributed by atoms with Crippen molar-refractivity contribution in [3.05, 3.63) is 58.9 Å². The van der Waals surface area contributed by atoms with Crippen molar-refractivity contribution in [3.8, 4) is 11.4 Å². The number of nitrogens with zero attached hydrogens (tertiary/aromatic N) is 5. The zero-order valence-electron chi connectivity index (χ0n) is 14.6. The molecule has 138 valence electrons. The third-order valence-corrected chi connectivity index (χ3v) is 4.89. The quantitative estimate of drug-likeness (QED) is 0.394. The number of anilines is 1. The molecule has 0 saturated carbocycles. The number of carbonyl (C=O) groups is 1. The minimum atomic E-state index is -0.488. The van der Waals surface area contributed by atoms with Crippen LogP contribution < -0.4 is 5.32 Å². The van der Waals surface area contributed by atoms with E-state index in [4.69, 9.17) is 0 Å². The van der Waals surface area contributed by atoms with Gasteiger partial charge in [0.1, 0.15) is 0 Å². The maximum atomic E-state index is 12.4. The summed E-state index contributed by atoms with van der Waals surface area (Å²) in [5, 5.41) is 21.9. The molecule has 9 nitrogen and oxygen atoms in total. The van der Waals surface area contributed by atoms with Crippen molar-refractivity contribution in [2.24, 2.45) is 7.05 Å². The average Bonchev–Trinajstić information content (AvgIpc) is 3.03. The third-order valence-electron chi connectivity index (χ3n) is 3.75. The Bertz CT molecular complexity index is 959. The van der Waals surface area contributed by atoms with Gasteiger partial charge in [0.05, 0.1) is 10.2 Å². The molecule has 2 heterocycles. The molecule has 0 bridgehead atoms. The Kier molecular flexibility index (Phi) is 5.46. The van der Waals surface area contributed by atoms with E-state index in [1.165, 1.54) is 36.0 Å². The molecular weight excluding hydrogens is 368 g/mol. The highest BCUT2D eigenvalue weighted by Crippen LogP contribution is 2.26. The number of benzene rings is 1. The number of nitro benzene ring substituents is 1. The maximum absolute atomic E-state index is 12.4. The fraction of sp³-hybridized carbons (Fsp3) is 0.176. The second-order valence-corrected chi connectivity index (χ2v) is 6.97. The van der Waals surface area contributed by atoms with Crippen LogP contribution in [-0.4, -0.2) is 35.8 Å².